The van der Waals surface area contributed by atoms with Crippen LogP contribution in [0.2, 0.25) is 0 Å². The van der Waals surface area contributed by atoms with E-state index in [4.69, 9.17) is 0 Å². The molecule has 8 rings (SSSR count). The molecule has 2 aromatic heterocycles. The third-order valence-corrected chi connectivity index (χ3v) is 9.99. The Morgan fingerprint density at radius 3 is 2.55 bits per heavy atom. The molecule has 3 aromatic rings. The summed E-state index contributed by atoms with van der Waals surface area (Å²) in [6.45, 7) is 1.27. The van der Waals surface area contributed by atoms with Crippen molar-refractivity contribution >= 4 is 23.2 Å². The second-order valence-electron chi connectivity index (χ2n) is 11.9. The summed E-state index contributed by atoms with van der Waals surface area (Å²) in [5.41, 5.74) is 3.01. The zero-order chi connectivity index (χ0) is 25.9. The zero-order valence-corrected chi connectivity index (χ0v) is 22.0. The molecule has 2 atom stereocenters. The fourth-order valence-electron chi connectivity index (χ4n) is 7.94. The van der Waals surface area contributed by atoms with Crippen LogP contribution in [-0.4, -0.2) is 39.3 Å². The summed E-state index contributed by atoms with van der Waals surface area (Å²) in [6, 6.07) is 12.6. The van der Waals surface area contributed by atoms with Gasteiger partial charge in [-0.15, -0.1) is 11.3 Å². The van der Waals surface area contributed by atoms with Crippen LogP contribution in [0, 0.1) is 17.7 Å². The number of nitrogens with zero attached hydrogens (tertiary/aromatic N) is 2. The molecule has 0 radical (unpaired) electrons. The van der Waals surface area contributed by atoms with Crippen LogP contribution in [0.3, 0.4) is 0 Å². The second kappa shape index (κ2) is 8.99. The van der Waals surface area contributed by atoms with Crippen molar-refractivity contribution in [1.29, 1.82) is 0 Å². The Kier molecular flexibility index (Phi) is 5.67. The number of nitrogens with one attached hydrogen (secondary N) is 2. The molecule has 0 saturated heterocycles. The maximum atomic E-state index is 13.6. The van der Waals surface area contributed by atoms with Crippen LogP contribution >= 0.6 is 11.3 Å². The van der Waals surface area contributed by atoms with Crippen molar-refractivity contribution in [3.05, 3.63) is 76.5 Å². The summed E-state index contributed by atoms with van der Waals surface area (Å²) < 4.78 is 13.6. The first-order chi connectivity index (χ1) is 18.4. The number of pyridine rings is 1. The van der Waals surface area contributed by atoms with E-state index in [-0.39, 0.29) is 35.3 Å². The molecule has 5 aliphatic rings. The minimum Gasteiger partial charge on any atom is -0.346 e. The van der Waals surface area contributed by atoms with Crippen LogP contribution in [0.4, 0.5) is 4.39 Å². The van der Waals surface area contributed by atoms with Crippen LogP contribution in [0.1, 0.15) is 60.0 Å². The summed E-state index contributed by atoms with van der Waals surface area (Å²) in [5.74, 6) is 0.833. The van der Waals surface area contributed by atoms with E-state index in [0.717, 1.165) is 53.8 Å². The third-order valence-electron chi connectivity index (χ3n) is 9.10. The molecule has 4 saturated carbocycles. The van der Waals surface area contributed by atoms with Crippen LogP contribution < -0.4 is 10.6 Å². The Bertz CT molecular complexity index is 1380. The number of thiophene rings is 1. The lowest BCUT2D eigenvalue weighted by Gasteiger charge is -2.62. The Morgan fingerprint density at radius 1 is 1.03 bits per heavy atom. The molecule has 4 aliphatic carbocycles. The van der Waals surface area contributed by atoms with E-state index >= 15 is 0 Å². The number of carbonyl (C=O) groups is 2. The lowest BCUT2D eigenvalue weighted by atomic mass is 9.50. The molecule has 2 N–H and O–H groups in total. The van der Waals surface area contributed by atoms with Crippen LogP contribution in [0.25, 0.3) is 10.6 Å². The first-order valence-electron chi connectivity index (χ1n) is 13.5. The van der Waals surface area contributed by atoms with E-state index < -0.39 is 0 Å². The molecule has 2 amide bonds. The first kappa shape index (κ1) is 24.0. The fraction of sp³-hybridized carbons (Fsp3) is 0.433. The van der Waals surface area contributed by atoms with Gasteiger partial charge in [0.2, 0.25) is 5.91 Å². The Labute approximate surface area is 225 Å². The van der Waals surface area contributed by atoms with Gasteiger partial charge in [-0.25, -0.2) is 4.39 Å². The summed E-state index contributed by atoms with van der Waals surface area (Å²) in [7, 11) is 0. The fourth-order valence-corrected chi connectivity index (χ4v) is 8.64. The van der Waals surface area contributed by atoms with Gasteiger partial charge in [-0.3, -0.25) is 14.6 Å². The lowest BCUT2D eigenvalue weighted by Crippen LogP contribution is -2.69. The molecule has 4 fully saturated rings. The van der Waals surface area contributed by atoms with E-state index in [1.807, 2.05) is 34.5 Å². The van der Waals surface area contributed by atoms with Gasteiger partial charge in [0.1, 0.15) is 5.82 Å². The topological polar surface area (TPSA) is 74.3 Å². The maximum Gasteiger partial charge on any atom is 0.253 e. The van der Waals surface area contributed by atoms with Gasteiger partial charge in [-0.1, -0.05) is 12.1 Å². The van der Waals surface area contributed by atoms with Crippen molar-refractivity contribution in [2.45, 2.75) is 62.7 Å². The van der Waals surface area contributed by atoms with Gasteiger partial charge in [0, 0.05) is 30.4 Å². The Morgan fingerprint density at radius 2 is 1.82 bits per heavy atom. The third kappa shape index (κ3) is 4.33. The second-order valence-corrected chi connectivity index (χ2v) is 12.8. The predicted octanol–water partition coefficient (Wildman–Crippen LogP) is 4.90. The smallest absolute Gasteiger partial charge is 0.253 e. The molecular weight excluding hydrogens is 499 g/mol. The number of amides is 2. The van der Waals surface area contributed by atoms with E-state index in [1.54, 1.807) is 23.6 Å². The van der Waals surface area contributed by atoms with Gasteiger partial charge in [0.15, 0.2) is 0 Å². The van der Waals surface area contributed by atoms with Gasteiger partial charge < -0.3 is 15.5 Å². The maximum absolute atomic E-state index is 13.6. The highest BCUT2D eigenvalue weighted by Crippen LogP contribution is 2.57. The van der Waals surface area contributed by atoms with E-state index in [9.17, 15) is 14.0 Å². The van der Waals surface area contributed by atoms with Gasteiger partial charge in [-0.05, 0) is 97.2 Å². The Hall–Kier alpha value is -3.10. The van der Waals surface area contributed by atoms with Gasteiger partial charge in [0.05, 0.1) is 22.7 Å². The molecule has 1 aliphatic heterocycles. The highest BCUT2D eigenvalue weighted by Gasteiger charge is 2.58. The van der Waals surface area contributed by atoms with Crippen LogP contribution in [-0.2, 0) is 17.9 Å². The lowest BCUT2D eigenvalue weighted by molar-refractivity contribution is -0.132. The van der Waals surface area contributed by atoms with Gasteiger partial charge >= 0.3 is 0 Å². The van der Waals surface area contributed by atoms with E-state index in [1.165, 1.54) is 18.6 Å². The number of hydrogen-bond acceptors (Lipinski definition) is 5. The van der Waals surface area contributed by atoms with Crippen molar-refractivity contribution in [1.82, 2.24) is 20.5 Å². The highest BCUT2D eigenvalue weighted by atomic mass is 32.1. The number of fused-ring (bicyclic) bond motifs is 1. The predicted molar refractivity (Wildman–Crippen MR) is 144 cm³/mol. The molecule has 196 valence electrons. The molecule has 38 heavy (non-hydrogen) atoms. The summed E-state index contributed by atoms with van der Waals surface area (Å²) in [5, 5.41) is 9.13. The molecule has 6 nitrogen and oxygen atoms in total. The average molecular weight is 531 g/mol. The van der Waals surface area contributed by atoms with Crippen molar-refractivity contribution in [3.8, 4) is 10.6 Å². The van der Waals surface area contributed by atoms with Crippen LogP contribution in [0.15, 0.2) is 54.0 Å². The van der Waals surface area contributed by atoms with Gasteiger partial charge in [-0.2, -0.15) is 0 Å². The van der Waals surface area contributed by atoms with E-state index in [2.05, 4.69) is 15.6 Å². The summed E-state index contributed by atoms with van der Waals surface area (Å²) in [6.07, 6.45) is 7.84. The van der Waals surface area contributed by atoms with Crippen LogP contribution in [0.5, 0.6) is 0 Å². The minimum atomic E-state index is -0.258. The monoisotopic (exact) mass is 530 g/mol. The number of rotatable bonds is 6. The minimum absolute atomic E-state index is 0.0485. The molecule has 3 heterocycles. The first-order valence-corrected chi connectivity index (χ1v) is 14.4. The molecule has 2 unspecified atom stereocenters. The molecule has 0 spiro atoms. The highest BCUT2D eigenvalue weighted by molar-refractivity contribution is 7.13. The molecular formula is C30H31FN4O2S. The number of halogens is 1. The molecule has 8 heteroatoms. The van der Waals surface area contributed by atoms with Crippen molar-refractivity contribution in [2.24, 2.45) is 11.8 Å². The molecule has 4 bridgehead atoms. The number of carbonyl (C=O) groups excluding carboxylic acids is 2. The van der Waals surface area contributed by atoms with Crippen molar-refractivity contribution in [3.63, 3.8) is 0 Å². The number of benzene rings is 1. The summed E-state index contributed by atoms with van der Waals surface area (Å²) in [4.78, 5) is 33.9. The Balaban J connectivity index is 1.02. The largest absolute Gasteiger partial charge is 0.346 e. The average Bonchev–Trinajstić information content (AvgIpc) is 3.57. The van der Waals surface area contributed by atoms with Gasteiger partial charge in [0.25, 0.3) is 5.91 Å². The van der Waals surface area contributed by atoms with E-state index in [0.29, 0.717) is 30.5 Å². The standard InChI is InChI=1S/C30H31FN4O2S/c31-24-5-3-22-16-35(17-23(22)9-24)27(36)15-33-29-10-19-8-20(11-29)13-30(12-19,18-29)34-28(37)21-4-6-25(32-14-21)26-2-1-7-38-26/h1-7,9,14,19-20,33H,8,10-13,15-18H2,(H,34,37). The number of hydrogen-bond donors (Lipinski definition) is 2. The SMILES string of the molecule is O=C(NC12CC3CC(CC(NCC(=O)N4Cc5ccc(F)cc5C4)(C3)C1)C2)c1ccc(-c2cccs2)nc1. The zero-order valence-electron chi connectivity index (χ0n) is 21.2. The molecule has 1 aromatic carbocycles. The van der Waals surface area contributed by atoms with Crippen molar-refractivity contribution in [2.75, 3.05) is 6.54 Å². The quantitative estimate of drug-likeness (QED) is 0.475. The normalized spacial score (nSPS) is 28.9. The van der Waals surface area contributed by atoms with Crippen molar-refractivity contribution < 1.29 is 14.0 Å². The number of aromatic nitrogens is 1. The summed E-state index contributed by atoms with van der Waals surface area (Å²) >= 11 is 1.63.